The number of hydrogen-bond acceptors (Lipinski definition) is 5. The maximum absolute atomic E-state index is 12.2. The van der Waals surface area contributed by atoms with Gasteiger partial charge in [0, 0.05) is 17.1 Å². The van der Waals surface area contributed by atoms with Crippen molar-refractivity contribution in [2.45, 2.75) is 13.0 Å². The molecule has 2 aromatic rings. The zero-order chi connectivity index (χ0) is 18.7. The molecular formula is C19H16ClNO5. The Hall–Kier alpha value is -2.86. The molecule has 0 bridgehead atoms. The largest absolute Gasteiger partial charge is 0.496 e. The molecule has 6 nitrogen and oxygen atoms in total. The zero-order valence-electron chi connectivity index (χ0n) is 14.0. The second kappa shape index (κ2) is 7.58. The summed E-state index contributed by atoms with van der Waals surface area (Å²) >= 11 is 5.93. The molecule has 0 N–H and O–H groups in total. The second-order valence-corrected chi connectivity index (χ2v) is 6.11. The van der Waals surface area contributed by atoms with Crippen LogP contribution < -0.4 is 4.74 Å². The van der Waals surface area contributed by atoms with Crippen LogP contribution in [-0.4, -0.2) is 36.3 Å². The monoisotopic (exact) mass is 373 g/mol. The standard InChI is InChI=1S/C19H16ClNO5/c1-25-16-7-6-13(20)10-12(16)11-26-17(22)8-9-21-18(23)14-4-2-3-5-15(14)19(21)24/h2-7,10H,8-9,11H2,1H3. The van der Waals surface area contributed by atoms with Crippen molar-refractivity contribution in [1.82, 2.24) is 4.90 Å². The molecular weight excluding hydrogens is 358 g/mol. The lowest BCUT2D eigenvalue weighted by atomic mass is 10.1. The molecule has 134 valence electrons. The van der Waals surface area contributed by atoms with E-state index in [2.05, 4.69) is 0 Å². The Morgan fingerprint density at radius 3 is 2.35 bits per heavy atom. The molecule has 3 rings (SSSR count). The van der Waals surface area contributed by atoms with E-state index in [-0.39, 0.29) is 19.6 Å². The van der Waals surface area contributed by atoms with Gasteiger partial charge in [-0.2, -0.15) is 0 Å². The molecule has 0 aliphatic carbocycles. The first-order chi connectivity index (χ1) is 12.5. The Morgan fingerprint density at radius 2 is 1.73 bits per heavy atom. The van der Waals surface area contributed by atoms with Gasteiger partial charge in [0.05, 0.1) is 24.7 Å². The number of fused-ring (bicyclic) bond motifs is 1. The molecule has 0 saturated carbocycles. The van der Waals surface area contributed by atoms with Crippen molar-refractivity contribution < 1.29 is 23.9 Å². The molecule has 0 aromatic heterocycles. The number of halogens is 1. The summed E-state index contributed by atoms with van der Waals surface area (Å²) in [6.07, 6.45) is -0.0889. The number of carbonyl (C=O) groups excluding carboxylic acids is 3. The first-order valence-corrected chi connectivity index (χ1v) is 8.32. The SMILES string of the molecule is COc1ccc(Cl)cc1COC(=O)CCN1C(=O)c2ccccc2C1=O. The fourth-order valence-corrected chi connectivity index (χ4v) is 2.93. The molecule has 1 heterocycles. The minimum Gasteiger partial charge on any atom is -0.496 e. The maximum Gasteiger partial charge on any atom is 0.307 e. The summed E-state index contributed by atoms with van der Waals surface area (Å²) in [6.45, 7) is -0.0391. The van der Waals surface area contributed by atoms with Gasteiger partial charge in [0.1, 0.15) is 12.4 Å². The predicted molar refractivity (Wildman–Crippen MR) is 94.2 cm³/mol. The van der Waals surface area contributed by atoms with Crippen LogP contribution in [0.4, 0.5) is 0 Å². The van der Waals surface area contributed by atoms with Crippen LogP contribution >= 0.6 is 11.6 Å². The van der Waals surface area contributed by atoms with Crippen LogP contribution in [0.3, 0.4) is 0 Å². The number of methoxy groups -OCH3 is 1. The van der Waals surface area contributed by atoms with Gasteiger partial charge in [0.2, 0.25) is 0 Å². The molecule has 1 aliphatic heterocycles. The number of esters is 1. The number of rotatable bonds is 6. The minimum atomic E-state index is -0.524. The molecule has 0 fully saturated rings. The van der Waals surface area contributed by atoms with Crippen LogP contribution in [0, 0.1) is 0 Å². The van der Waals surface area contributed by atoms with Gasteiger partial charge >= 0.3 is 5.97 Å². The van der Waals surface area contributed by atoms with E-state index >= 15 is 0 Å². The summed E-state index contributed by atoms with van der Waals surface area (Å²) in [4.78, 5) is 37.5. The Morgan fingerprint density at radius 1 is 1.08 bits per heavy atom. The minimum absolute atomic E-state index is 0.00924. The van der Waals surface area contributed by atoms with Crippen LogP contribution in [0.25, 0.3) is 0 Å². The van der Waals surface area contributed by atoms with Crippen molar-refractivity contribution >= 4 is 29.4 Å². The van der Waals surface area contributed by atoms with Gasteiger partial charge in [-0.3, -0.25) is 19.3 Å². The van der Waals surface area contributed by atoms with Crippen LogP contribution in [0.1, 0.15) is 32.7 Å². The smallest absolute Gasteiger partial charge is 0.307 e. The van der Waals surface area contributed by atoms with E-state index in [4.69, 9.17) is 21.1 Å². The highest BCUT2D eigenvalue weighted by molar-refractivity contribution is 6.30. The average molecular weight is 374 g/mol. The van der Waals surface area contributed by atoms with Crippen LogP contribution in [0.2, 0.25) is 5.02 Å². The third kappa shape index (κ3) is 3.55. The third-order valence-electron chi connectivity index (χ3n) is 4.05. The molecule has 1 aliphatic rings. The lowest BCUT2D eigenvalue weighted by molar-refractivity contribution is -0.145. The average Bonchev–Trinajstić information content (AvgIpc) is 2.89. The summed E-state index contributed by atoms with van der Waals surface area (Å²) < 4.78 is 10.4. The number of hydrogen-bond donors (Lipinski definition) is 0. The molecule has 0 atom stereocenters. The first kappa shape index (κ1) is 17.9. The van der Waals surface area contributed by atoms with Crippen molar-refractivity contribution in [1.29, 1.82) is 0 Å². The number of nitrogens with zero attached hydrogens (tertiary/aromatic N) is 1. The van der Waals surface area contributed by atoms with E-state index < -0.39 is 17.8 Å². The number of amides is 2. The molecule has 2 aromatic carbocycles. The maximum atomic E-state index is 12.2. The van der Waals surface area contributed by atoms with Crippen LogP contribution in [0.15, 0.2) is 42.5 Å². The molecule has 0 radical (unpaired) electrons. The third-order valence-corrected chi connectivity index (χ3v) is 4.28. The Balaban J connectivity index is 1.56. The molecule has 0 spiro atoms. The molecule has 2 amide bonds. The van der Waals surface area contributed by atoms with Crippen molar-refractivity contribution in [2.24, 2.45) is 0 Å². The quantitative estimate of drug-likeness (QED) is 0.574. The number of ether oxygens (including phenoxy) is 2. The van der Waals surface area contributed by atoms with E-state index in [1.807, 2.05) is 0 Å². The second-order valence-electron chi connectivity index (χ2n) is 5.67. The Kier molecular flexibility index (Phi) is 5.23. The highest BCUT2D eigenvalue weighted by atomic mass is 35.5. The van der Waals surface area contributed by atoms with Gasteiger partial charge in [-0.25, -0.2) is 0 Å². The van der Waals surface area contributed by atoms with Crippen molar-refractivity contribution in [3.05, 3.63) is 64.2 Å². The summed E-state index contributed by atoms with van der Waals surface area (Å²) in [7, 11) is 1.51. The highest BCUT2D eigenvalue weighted by Crippen LogP contribution is 2.24. The Bertz CT molecular complexity index is 845. The summed E-state index contributed by atoms with van der Waals surface area (Å²) in [6, 6.07) is 11.6. The fourth-order valence-electron chi connectivity index (χ4n) is 2.74. The van der Waals surface area contributed by atoms with E-state index in [1.54, 1.807) is 42.5 Å². The topological polar surface area (TPSA) is 72.9 Å². The number of imide groups is 1. The highest BCUT2D eigenvalue weighted by Gasteiger charge is 2.35. The number of benzene rings is 2. The van der Waals surface area contributed by atoms with E-state index in [9.17, 15) is 14.4 Å². The van der Waals surface area contributed by atoms with Gasteiger partial charge in [0.25, 0.3) is 11.8 Å². The zero-order valence-corrected chi connectivity index (χ0v) is 14.8. The summed E-state index contributed by atoms with van der Waals surface area (Å²) in [5.74, 6) is -0.754. The molecule has 26 heavy (non-hydrogen) atoms. The lowest BCUT2D eigenvalue weighted by Gasteiger charge is -2.14. The van der Waals surface area contributed by atoms with Gasteiger partial charge in [-0.15, -0.1) is 0 Å². The predicted octanol–water partition coefficient (Wildman–Crippen LogP) is 3.08. The number of carbonyl (C=O) groups is 3. The molecule has 0 unspecified atom stereocenters. The van der Waals surface area contributed by atoms with E-state index in [0.29, 0.717) is 27.5 Å². The molecule has 0 saturated heterocycles. The Labute approximate surface area is 155 Å². The van der Waals surface area contributed by atoms with Crippen molar-refractivity contribution in [2.75, 3.05) is 13.7 Å². The normalized spacial score (nSPS) is 12.9. The van der Waals surface area contributed by atoms with Crippen LogP contribution in [0.5, 0.6) is 5.75 Å². The van der Waals surface area contributed by atoms with Gasteiger partial charge in [-0.05, 0) is 30.3 Å². The fraction of sp³-hybridized carbons (Fsp3) is 0.211. The summed E-state index contributed by atoms with van der Waals surface area (Å²) in [5.41, 5.74) is 1.35. The van der Waals surface area contributed by atoms with E-state index in [0.717, 1.165) is 4.90 Å². The van der Waals surface area contributed by atoms with Gasteiger partial charge < -0.3 is 9.47 Å². The lowest BCUT2D eigenvalue weighted by Crippen LogP contribution is -2.32. The van der Waals surface area contributed by atoms with Crippen LogP contribution in [-0.2, 0) is 16.1 Å². The first-order valence-electron chi connectivity index (χ1n) is 7.94. The molecule has 7 heteroatoms. The van der Waals surface area contributed by atoms with Crippen molar-refractivity contribution in [3.63, 3.8) is 0 Å². The van der Waals surface area contributed by atoms with Gasteiger partial charge in [0.15, 0.2) is 0 Å². The van der Waals surface area contributed by atoms with E-state index in [1.165, 1.54) is 7.11 Å². The van der Waals surface area contributed by atoms with Crippen molar-refractivity contribution in [3.8, 4) is 5.75 Å². The van der Waals surface area contributed by atoms with Gasteiger partial charge in [-0.1, -0.05) is 23.7 Å². The summed E-state index contributed by atoms with van der Waals surface area (Å²) in [5, 5.41) is 0.503.